The molecule has 1 aromatic carbocycles. The first kappa shape index (κ1) is 17.9. The van der Waals surface area contributed by atoms with Gasteiger partial charge in [-0.2, -0.15) is 0 Å². The second kappa shape index (κ2) is 6.98. The maximum absolute atomic E-state index is 14.1. The van der Waals surface area contributed by atoms with Gasteiger partial charge in [0.15, 0.2) is 18.0 Å². The van der Waals surface area contributed by atoms with Crippen LogP contribution >= 0.6 is 0 Å². The fraction of sp³-hybridized carbons (Fsp3) is 0.471. The van der Waals surface area contributed by atoms with E-state index in [-0.39, 0.29) is 6.61 Å². The van der Waals surface area contributed by atoms with E-state index in [0.29, 0.717) is 0 Å². The van der Waals surface area contributed by atoms with Crippen LogP contribution in [-0.2, 0) is 25.7 Å². The lowest BCUT2D eigenvalue weighted by atomic mass is 10.2. The van der Waals surface area contributed by atoms with Gasteiger partial charge in [0, 0.05) is 0 Å². The minimum Gasteiger partial charge on any atom is -0.459 e. The molecule has 0 unspecified atom stereocenters. The number of Topliss-reactive ketones (excluding diaryl/α,β-unsaturated/α-hetero) is 1. The van der Waals surface area contributed by atoms with Gasteiger partial charge < -0.3 is 9.47 Å². The molecule has 0 saturated carbocycles. The lowest BCUT2D eigenvalue weighted by Gasteiger charge is -2.27. The molecule has 0 spiro atoms. The van der Waals surface area contributed by atoms with Gasteiger partial charge in [0.05, 0.1) is 6.54 Å². The van der Waals surface area contributed by atoms with Crippen LogP contribution in [0.15, 0.2) is 30.3 Å². The molecule has 130 valence electrons. The molecule has 0 bridgehead atoms. The summed E-state index contributed by atoms with van der Waals surface area (Å²) in [6.07, 6.45) is -3.03. The highest BCUT2D eigenvalue weighted by molar-refractivity contribution is 5.99. The summed E-state index contributed by atoms with van der Waals surface area (Å²) in [4.78, 5) is 36.7. The lowest BCUT2D eigenvalue weighted by Crippen LogP contribution is -2.46. The smallest absolute Gasteiger partial charge is 0.411 e. The zero-order valence-electron chi connectivity index (χ0n) is 13.8. The average molecular weight is 337 g/mol. The second-order valence-corrected chi connectivity index (χ2v) is 6.51. The van der Waals surface area contributed by atoms with Crippen LogP contribution in [0.4, 0.5) is 9.18 Å². The van der Waals surface area contributed by atoms with Crippen LogP contribution in [0.1, 0.15) is 26.3 Å². The summed E-state index contributed by atoms with van der Waals surface area (Å²) in [6.45, 7) is 4.33. The van der Waals surface area contributed by atoms with Gasteiger partial charge in [-0.25, -0.2) is 14.0 Å². The first-order valence-corrected chi connectivity index (χ1v) is 7.56. The van der Waals surface area contributed by atoms with Crippen LogP contribution < -0.4 is 0 Å². The molecule has 1 aromatic rings. The molecule has 6 nitrogen and oxygen atoms in total. The first-order valence-electron chi connectivity index (χ1n) is 7.56. The number of hydrogen-bond donors (Lipinski definition) is 0. The summed E-state index contributed by atoms with van der Waals surface area (Å²) in [5.74, 6) is -1.81. The zero-order valence-corrected chi connectivity index (χ0v) is 13.8. The van der Waals surface area contributed by atoms with E-state index in [1.54, 1.807) is 45.0 Å². The van der Waals surface area contributed by atoms with Crippen molar-refractivity contribution in [2.24, 2.45) is 0 Å². The van der Waals surface area contributed by atoms with Crippen molar-refractivity contribution in [3.05, 3.63) is 35.9 Å². The zero-order chi connectivity index (χ0) is 17.9. The van der Waals surface area contributed by atoms with Crippen LogP contribution in [-0.4, -0.2) is 47.1 Å². The summed E-state index contributed by atoms with van der Waals surface area (Å²) in [5, 5.41) is 0. The van der Waals surface area contributed by atoms with Gasteiger partial charge in [0.2, 0.25) is 0 Å². The molecule has 0 N–H and O–H groups in total. The van der Waals surface area contributed by atoms with Crippen LogP contribution in [0.3, 0.4) is 0 Å². The molecular weight excluding hydrogens is 317 g/mol. The predicted molar refractivity (Wildman–Crippen MR) is 82.9 cm³/mol. The highest BCUT2D eigenvalue weighted by Gasteiger charge is 2.50. The minimum absolute atomic E-state index is 0.0702. The summed E-state index contributed by atoms with van der Waals surface area (Å²) < 4.78 is 24.3. The number of likely N-dealkylation sites (tertiary alicyclic amines) is 1. The molecule has 2 atom stereocenters. The lowest BCUT2D eigenvalue weighted by molar-refractivity contribution is -0.152. The number of amides is 1. The van der Waals surface area contributed by atoms with Crippen LogP contribution in [0, 0.1) is 0 Å². The van der Waals surface area contributed by atoms with E-state index in [1.165, 1.54) is 0 Å². The van der Waals surface area contributed by atoms with Crippen LogP contribution in [0.25, 0.3) is 0 Å². The van der Waals surface area contributed by atoms with E-state index in [2.05, 4.69) is 0 Å². The molecule has 1 amide bonds. The standard InChI is InChI=1S/C17H20FNO5/c1-17(2,3)24-16(22)19-9-12(20)13(18)14(19)15(21)23-10-11-7-5-4-6-8-11/h4-8,13-14H,9-10H2,1-3H3/t13-,14-/m0/s1. The molecule has 0 aliphatic carbocycles. The molecule has 24 heavy (non-hydrogen) atoms. The third-order valence-electron chi connectivity index (χ3n) is 3.34. The van der Waals surface area contributed by atoms with Crippen LogP contribution in [0.2, 0.25) is 0 Å². The van der Waals surface area contributed by atoms with Gasteiger partial charge in [-0.1, -0.05) is 30.3 Å². The first-order chi connectivity index (χ1) is 11.2. The SMILES string of the molecule is CC(C)(C)OC(=O)N1CC(=O)[C@H](F)[C@H]1C(=O)OCc1ccccc1. The Labute approximate surface area is 139 Å². The maximum atomic E-state index is 14.1. The van der Waals surface area contributed by atoms with Crippen molar-refractivity contribution in [1.82, 2.24) is 4.90 Å². The quantitative estimate of drug-likeness (QED) is 0.791. The van der Waals surface area contributed by atoms with Crippen molar-refractivity contribution in [3.63, 3.8) is 0 Å². The summed E-state index contributed by atoms with van der Waals surface area (Å²) in [5.41, 5.74) is -0.109. The molecule has 0 radical (unpaired) electrons. The second-order valence-electron chi connectivity index (χ2n) is 6.51. The molecule has 0 aromatic heterocycles. The van der Waals surface area contributed by atoms with Crippen molar-refractivity contribution in [2.75, 3.05) is 6.54 Å². The van der Waals surface area contributed by atoms with Crippen molar-refractivity contribution in [3.8, 4) is 0 Å². The van der Waals surface area contributed by atoms with E-state index in [9.17, 15) is 18.8 Å². The number of alkyl halides is 1. The number of ketones is 1. The molecule has 1 aliphatic heterocycles. The van der Waals surface area contributed by atoms with E-state index >= 15 is 0 Å². The van der Waals surface area contributed by atoms with Gasteiger partial charge in [0.25, 0.3) is 0 Å². The summed E-state index contributed by atoms with van der Waals surface area (Å²) in [6, 6.07) is 7.22. The van der Waals surface area contributed by atoms with Crippen molar-refractivity contribution >= 4 is 17.8 Å². The fourth-order valence-electron chi connectivity index (χ4n) is 2.25. The van der Waals surface area contributed by atoms with Crippen molar-refractivity contribution in [2.45, 2.75) is 45.2 Å². The molecule has 1 fully saturated rings. The average Bonchev–Trinajstić information content (AvgIpc) is 2.80. The number of carbonyl (C=O) groups excluding carboxylic acids is 3. The van der Waals surface area contributed by atoms with Gasteiger partial charge in [-0.05, 0) is 26.3 Å². The maximum Gasteiger partial charge on any atom is 0.411 e. The Bertz CT molecular complexity index is 626. The van der Waals surface area contributed by atoms with E-state index in [4.69, 9.17) is 9.47 Å². The van der Waals surface area contributed by atoms with Gasteiger partial charge in [0.1, 0.15) is 12.2 Å². The normalized spacial score (nSPS) is 20.8. The third kappa shape index (κ3) is 4.31. The molecular formula is C17H20FNO5. The highest BCUT2D eigenvalue weighted by Crippen LogP contribution is 2.23. The number of hydrogen-bond acceptors (Lipinski definition) is 5. The Morgan fingerprint density at radius 3 is 2.46 bits per heavy atom. The van der Waals surface area contributed by atoms with Gasteiger partial charge >= 0.3 is 12.1 Å². The summed E-state index contributed by atoms with van der Waals surface area (Å²) in [7, 11) is 0. The minimum atomic E-state index is -2.11. The largest absolute Gasteiger partial charge is 0.459 e. The topological polar surface area (TPSA) is 72.9 Å². The predicted octanol–water partition coefficient (Wildman–Crippen LogP) is 2.26. The Morgan fingerprint density at radius 2 is 1.88 bits per heavy atom. The number of rotatable bonds is 3. The molecule has 1 aliphatic rings. The Morgan fingerprint density at radius 1 is 1.25 bits per heavy atom. The molecule has 7 heteroatoms. The number of carbonyl (C=O) groups is 3. The molecule has 2 rings (SSSR count). The number of ether oxygens (including phenoxy) is 2. The van der Waals surface area contributed by atoms with Gasteiger partial charge in [-0.15, -0.1) is 0 Å². The van der Waals surface area contributed by atoms with E-state index < -0.39 is 42.2 Å². The third-order valence-corrected chi connectivity index (χ3v) is 3.34. The summed E-state index contributed by atoms with van der Waals surface area (Å²) >= 11 is 0. The van der Waals surface area contributed by atoms with E-state index in [0.717, 1.165) is 10.5 Å². The molecule has 1 saturated heterocycles. The van der Waals surface area contributed by atoms with Crippen molar-refractivity contribution in [1.29, 1.82) is 0 Å². The number of benzene rings is 1. The van der Waals surface area contributed by atoms with Crippen molar-refractivity contribution < 1.29 is 28.2 Å². The fourth-order valence-corrected chi connectivity index (χ4v) is 2.25. The Balaban J connectivity index is 2.07. The number of halogens is 1. The Hall–Kier alpha value is -2.44. The molecule has 1 heterocycles. The van der Waals surface area contributed by atoms with Crippen LogP contribution in [0.5, 0.6) is 0 Å². The van der Waals surface area contributed by atoms with Gasteiger partial charge in [-0.3, -0.25) is 9.69 Å². The van der Waals surface area contributed by atoms with E-state index in [1.807, 2.05) is 6.07 Å². The Kier molecular flexibility index (Phi) is 5.21. The number of esters is 1. The monoisotopic (exact) mass is 337 g/mol. The number of nitrogens with zero attached hydrogens (tertiary/aromatic N) is 1. The highest BCUT2D eigenvalue weighted by atomic mass is 19.1.